The van der Waals surface area contributed by atoms with Crippen LogP contribution in [0.15, 0.2) is 11.6 Å². The maximum absolute atomic E-state index is 2.81. The van der Waals surface area contributed by atoms with Crippen molar-refractivity contribution in [2.75, 3.05) is 0 Å². The van der Waals surface area contributed by atoms with Gasteiger partial charge < -0.3 is 0 Å². The van der Waals surface area contributed by atoms with Crippen LogP contribution in [0.1, 0.15) is 124 Å². The Balaban J connectivity index is 1.26. The largest absolute Gasteiger partial charge is 0.0845 e. The summed E-state index contributed by atoms with van der Waals surface area (Å²) in [6, 6.07) is 0. The van der Waals surface area contributed by atoms with Gasteiger partial charge >= 0.3 is 0 Å². The summed E-state index contributed by atoms with van der Waals surface area (Å²) in [5, 5.41) is 0. The minimum Gasteiger partial charge on any atom is -0.0845 e. The lowest BCUT2D eigenvalue weighted by Crippen LogP contribution is -2.50. The lowest BCUT2D eigenvalue weighted by molar-refractivity contribution is -0.0489. The second-order valence-electron chi connectivity index (χ2n) is 13.5. The fourth-order valence-corrected chi connectivity index (χ4v) is 9.53. The summed E-state index contributed by atoms with van der Waals surface area (Å²) in [4.78, 5) is 0. The summed E-state index contributed by atoms with van der Waals surface area (Å²) in [6.45, 7) is 10.2. The standard InChI is InChI=1S/C30H50/c1-21(2)8-5-6-11-24-13-15-27-26-14-12-25-20-23(22-9-7-10-22)16-18-30(25,4)28(26)17-19-29(24,27)3/h12,21-24,26-28H,5-11,13-20H2,1-4H3. The molecule has 0 N–H and O–H groups in total. The zero-order chi connectivity index (χ0) is 20.9. The van der Waals surface area contributed by atoms with Crippen LogP contribution in [0, 0.1) is 52.3 Å². The SMILES string of the molecule is CC(C)CCCCC1CCC2C3CC=C4CC(C5CCC5)CCC4(C)C3CCC12C. The average molecular weight is 411 g/mol. The number of allylic oxidation sites excluding steroid dienone is 2. The Labute approximate surface area is 188 Å². The molecule has 0 bridgehead atoms. The van der Waals surface area contributed by atoms with E-state index in [0.29, 0.717) is 10.8 Å². The number of hydrogen-bond donors (Lipinski definition) is 0. The highest BCUT2D eigenvalue weighted by molar-refractivity contribution is 5.25. The van der Waals surface area contributed by atoms with E-state index in [1.54, 1.807) is 44.9 Å². The van der Waals surface area contributed by atoms with E-state index in [4.69, 9.17) is 0 Å². The molecule has 0 heterocycles. The minimum atomic E-state index is 0.569. The fraction of sp³-hybridized carbons (Fsp3) is 0.933. The Kier molecular flexibility index (Phi) is 5.94. The van der Waals surface area contributed by atoms with Crippen molar-refractivity contribution in [2.45, 2.75) is 124 Å². The Morgan fingerprint density at radius 2 is 1.73 bits per heavy atom. The maximum Gasteiger partial charge on any atom is -0.00851 e. The summed E-state index contributed by atoms with van der Waals surface area (Å²) in [6.07, 6.45) is 25.5. The van der Waals surface area contributed by atoms with Gasteiger partial charge in [0.25, 0.3) is 0 Å². The molecule has 0 nitrogen and oxygen atoms in total. The molecule has 5 aliphatic rings. The van der Waals surface area contributed by atoms with Crippen molar-refractivity contribution >= 4 is 0 Å². The smallest absolute Gasteiger partial charge is 0.00851 e. The third-order valence-corrected chi connectivity index (χ3v) is 11.7. The van der Waals surface area contributed by atoms with Crippen molar-refractivity contribution in [3.63, 3.8) is 0 Å². The first-order valence-electron chi connectivity index (χ1n) is 14.1. The lowest BCUT2D eigenvalue weighted by Gasteiger charge is -2.59. The van der Waals surface area contributed by atoms with Crippen molar-refractivity contribution in [1.29, 1.82) is 0 Å². The molecule has 0 aliphatic heterocycles. The highest BCUT2D eigenvalue weighted by Gasteiger charge is 2.58. The second kappa shape index (κ2) is 8.26. The van der Waals surface area contributed by atoms with Crippen LogP contribution < -0.4 is 0 Å². The molecule has 4 fully saturated rings. The van der Waals surface area contributed by atoms with Crippen LogP contribution in [0.2, 0.25) is 0 Å². The van der Waals surface area contributed by atoms with Gasteiger partial charge in [-0.05, 0) is 110 Å². The van der Waals surface area contributed by atoms with Gasteiger partial charge in [-0.25, -0.2) is 0 Å². The molecule has 170 valence electrons. The van der Waals surface area contributed by atoms with Gasteiger partial charge in [0.2, 0.25) is 0 Å². The summed E-state index contributed by atoms with van der Waals surface area (Å²) in [7, 11) is 0. The molecule has 4 saturated carbocycles. The molecule has 30 heavy (non-hydrogen) atoms. The van der Waals surface area contributed by atoms with Crippen LogP contribution in [0.25, 0.3) is 0 Å². The van der Waals surface area contributed by atoms with E-state index in [9.17, 15) is 0 Å². The number of unbranched alkanes of at least 4 members (excludes halogenated alkanes) is 1. The molecule has 0 heteroatoms. The van der Waals surface area contributed by atoms with E-state index in [-0.39, 0.29) is 0 Å². The van der Waals surface area contributed by atoms with Crippen molar-refractivity contribution in [1.82, 2.24) is 0 Å². The van der Waals surface area contributed by atoms with Crippen molar-refractivity contribution in [3.05, 3.63) is 11.6 Å². The van der Waals surface area contributed by atoms with Gasteiger partial charge in [-0.1, -0.05) is 77.9 Å². The topological polar surface area (TPSA) is 0 Å². The Morgan fingerprint density at radius 3 is 2.47 bits per heavy atom. The van der Waals surface area contributed by atoms with Gasteiger partial charge in [0.15, 0.2) is 0 Å². The van der Waals surface area contributed by atoms with Crippen LogP contribution in [0.5, 0.6) is 0 Å². The van der Waals surface area contributed by atoms with Gasteiger partial charge in [-0.3, -0.25) is 0 Å². The first-order chi connectivity index (χ1) is 14.4. The zero-order valence-electron chi connectivity index (χ0n) is 20.7. The average Bonchev–Trinajstić information content (AvgIpc) is 3.00. The van der Waals surface area contributed by atoms with E-state index in [1.807, 2.05) is 5.57 Å². The van der Waals surface area contributed by atoms with Crippen molar-refractivity contribution in [2.24, 2.45) is 52.3 Å². The van der Waals surface area contributed by atoms with Crippen LogP contribution >= 0.6 is 0 Å². The van der Waals surface area contributed by atoms with Gasteiger partial charge in [-0.15, -0.1) is 0 Å². The predicted octanol–water partition coefficient (Wildman–Crippen LogP) is 9.20. The Morgan fingerprint density at radius 1 is 0.900 bits per heavy atom. The third kappa shape index (κ3) is 3.55. The molecular formula is C30H50. The minimum absolute atomic E-state index is 0.569. The fourth-order valence-electron chi connectivity index (χ4n) is 9.53. The molecule has 7 unspecified atom stereocenters. The summed E-state index contributed by atoms with van der Waals surface area (Å²) in [5.74, 6) is 7.11. The monoisotopic (exact) mass is 410 g/mol. The van der Waals surface area contributed by atoms with Gasteiger partial charge in [0.05, 0.1) is 0 Å². The van der Waals surface area contributed by atoms with Gasteiger partial charge in [0, 0.05) is 0 Å². The third-order valence-electron chi connectivity index (χ3n) is 11.7. The molecule has 7 atom stereocenters. The van der Waals surface area contributed by atoms with E-state index in [2.05, 4.69) is 33.8 Å². The van der Waals surface area contributed by atoms with E-state index < -0.39 is 0 Å². The number of hydrogen-bond acceptors (Lipinski definition) is 0. The summed E-state index contributed by atoms with van der Waals surface area (Å²) in [5.41, 5.74) is 3.17. The van der Waals surface area contributed by atoms with E-state index in [1.165, 1.54) is 51.4 Å². The lowest BCUT2D eigenvalue weighted by atomic mass is 9.46. The summed E-state index contributed by atoms with van der Waals surface area (Å²) >= 11 is 0. The van der Waals surface area contributed by atoms with Crippen LogP contribution in [0.4, 0.5) is 0 Å². The number of rotatable bonds is 6. The Bertz CT molecular complexity index is 638. The van der Waals surface area contributed by atoms with Crippen molar-refractivity contribution in [3.8, 4) is 0 Å². The van der Waals surface area contributed by atoms with Crippen LogP contribution in [-0.4, -0.2) is 0 Å². The number of fused-ring (bicyclic) bond motifs is 5. The molecule has 0 spiro atoms. The molecular weight excluding hydrogens is 360 g/mol. The molecule has 5 rings (SSSR count). The molecule has 0 aromatic rings. The Hall–Kier alpha value is -0.260. The van der Waals surface area contributed by atoms with Crippen LogP contribution in [0.3, 0.4) is 0 Å². The predicted molar refractivity (Wildman–Crippen MR) is 129 cm³/mol. The highest BCUT2D eigenvalue weighted by Crippen LogP contribution is 2.67. The molecule has 0 saturated heterocycles. The second-order valence-corrected chi connectivity index (χ2v) is 13.5. The molecule has 0 amide bonds. The van der Waals surface area contributed by atoms with Gasteiger partial charge in [0.1, 0.15) is 0 Å². The first kappa shape index (κ1) is 21.6. The zero-order valence-corrected chi connectivity index (χ0v) is 20.7. The normalized spacial score (nSPS) is 46.0. The molecule has 5 aliphatic carbocycles. The van der Waals surface area contributed by atoms with E-state index in [0.717, 1.165) is 41.4 Å². The molecule has 0 radical (unpaired) electrons. The highest BCUT2D eigenvalue weighted by atomic mass is 14.6. The summed E-state index contributed by atoms with van der Waals surface area (Å²) < 4.78 is 0. The quantitative estimate of drug-likeness (QED) is 0.302. The molecule has 0 aromatic heterocycles. The maximum atomic E-state index is 2.81. The van der Waals surface area contributed by atoms with Crippen LogP contribution in [-0.2, 0) is 0 Å². The van der Waals surface area contributed by atoms with Gasteiger partial charge in [-0.2, -0.15) is 0 Å². The van der Waals surface area contributed by atoms with E-state index >= 15 is 0 Å². The first-order valence-corrected chi connectivity index (χ1v) is 14.1. The molecule has 0 aromatic carbocycles. The van der Waals surface area contributed by atoms with Crippen molar-refractivity contribution < 1.29 is 0 Å².